The molecule has 8 atom stereocenters. The Balaban J connectivity index is 1.37. The van der Waals surface area contributed by atoms with Crippen molar-refractivity contribution >= 4 is 16.6 Å². The summed E-state index contributed by atoms with van der Waals surface area (Å²) >= 11 is 0. The zero-order chi connectivity index (χ0) is 20.7. The van der Waals surface area contributed by atoms with Gasteiger partial charge >= 0.3 is 0 Å². The molecule has 2 aromatic rings. The maximum absolute atomic E-state index is 11.6. The number of rotatable bonds is 1. The molecule has 3 saturated carbocycles. The Morgan fingerprint density at radius 2 is 1.87 bits per heavy atom. The van der Waals surface area contributed by atoms with Crippen LogP contribution in [0.3, 0.4) is 0 Å². The Bertz CT molecular complexity index is 1010. The van der Waals surface area contributed by atoms with Crippen molar-refractivity contribution in [2.75, 3.05) is 0 Å². The molecule has 30 heavy (non-hydrogen) atoms. The average molecular weight is 406 g/mol. The molecule has 0 bridgehead atoms. The normalized spacial score (nSPS) is 45.5. The fourth-order valence-corrected chi connectivity index (χ4v) is 8.58. The topological polar surface area (TPSA) is 45.4 Å². The summed E-state index contributed by atoms with van der Waals surface area (Å²) < 4.78 is 2.40. The van der Waals surface area contributed by atoms with Gasteiger partial charge in [-0.15, -0.1) is 0 Å². The molecule has 1 heterocycles. The quantitative estimate of drug-likeness (QED) is 0.661. The SMILES string of the molecule is C[C@]12CC(O)C3C(CC[C@@H]4C[C@@H](O)CC[C@]34C)C1CC=C2n1ccc2ccccc21. The molecule has 0 saturated heterocycles. The van der Waals surface area contributed by atoms with Crippen LogP contribution < -0.4 is 0 Å². The molecular formula is C27H35NO2. The first kappa shape index (κ1) is 19.1. The summed E-state index contributed by atoms with van der Waals surface area (Å²) in [6, 6.07) is 10.9. The van der Waals surface area contributed by atoms with Crippen LogP contribution in [0.5, 0.6) is 0 Å². The van der Waals surface area contributed by atoms with Gasteiger partial charge in [0.05, 0.1) is 17.7 Å². The van der Waals surface area contributed by atoms with Crippen molar-refractivity contribution in [1.29, 1.82) is 0 Å². The van der Waals surface area contributed by atoms with Crippen LogP contribution >= 0.6 is 0 Å². The second kappa shape index (κ2) is 6.46. The number of aliphatic hydroxyl groups is 2. The molecule has 3 fully saturated rings. The minimum atomic E-state index is -0.248. The smallest absolute Gasteiger partial charge is 0.0585 e. The van der Waals surface area contributed by atoms with E-state index in [9.17, 15) is 10.2 Å². The third-order valence-electron chi connectivity index (χ3n) is 9.97. The highest BCUT2D eigenvalue weighted by Crippen LogP contribution is 2.67. The van der Waals surface area contributed by atoms with Gasteiger partial charge in [0.25, 0.3) is 0 Å². The van der Waals surface area contributed by atoms with Crippen LogP contribution in [0.15, 0.2) is 42.6 Å². The zero-order valence-corrected chi connectivity index (χ0v) is 18.3. The van der Waals surface area contributed by atoms with Gasteiger partial charge in [0, 0.05) is 17.3 Å². The van der Waals surface area contributed by atoms with Gasteiger partial charge in [-0.1, -0.05) is 38.1 Å². The number of aliphatic hydroxyl groups excluding tert-OH is 2. The Labute approximate surface area is 179 Å². The van der Waals surface area contributed by atoms with Crippen LogP contribution in [0.25, 0.3) is 16.6 Å². The van der Waals surface area contributed by atoms with Crippen molar-refractivity contribution in [2.24, 2.45) is 34.5 Å². The minimum Gasteiger partial charge on any atom is -0.393 e. The zero-order valence-electron chi connectivity index (χ0n) is 18.3. The number of fused-ring (bicyclic) bond motifs is 6. The lowest BCUT2D eigenvalue weighted by Gasteiger charge is -2.62. The standard InChI is InChI=1S/C27H35NO2/c1-26-13-11-19(29)15-18(26)7-8-20-21-9-10-24(27(21,2)16-23(30)25(20)26)28-14-12-17-5-3-4-6-22(17)28/h3-6,10,12,14,18-21,23,25,29-30H,7-9,11,13,15-16H2,1-2H3/t18-,19+,20?,21?,23?,25?,26+,27+/m1/s1. The monoisotopic (exact) mass is 405 g/mol. The molecule has 3 heteroatoms. The van der Waals surface area contributed by atoms with E-state index in [4.69, 9.17) is 0 Å². The average Bonchev–Trinajstić information content (AvgIpc) is 3.28. The highest BCUT2D eigenvalue weighted by Gasteiger charge is 2.61. The minimum absolute atomic E-state index is 0.0275. The van der Waals surface area contributed by atoms with Crippen molar-refractivity contribution in [1.82, 2.24) is 4.57 Å². The summed E-state index contributed by atoms with van der Waals surface area (Å²) in [5.41, 5.74) is 2.89. The number of para-hydroxylation sites is 1. The maximum atomic E-state index is 11.6. The van der Waals surface area contributed by atoms with Gasteiger partial charge < -0.3 is 14.8 Å². The molecule has 4 aliphatic carbocycles. The molecule has 160 valence electrons. The van der Waals surface area contributed by atoms with Gasteiger partial charge in [-0.05, 0) is 91.6 Å². The number of allylic oxidation sites excluding steroid dienone is 2. The van der Waals surface area contributed by atoms with E-state index in [0.29, 0.717) is 23.7 Å². The first-order valence-electron chi connectivity index (χ1n) is 12.0. The first-order valence-corrected chi connectivity index (χ1v) is 12.0. The van der Waals surface area contributed by atoms with E-state index in [2.05, 4.69) is 61.0 Å². The summed E-state index contributed by atoms with van der Waals surface area (Å²) in [6.45, 7) is 4.86. The number of nitrogens with zero attached hydrogens (tertiary/aromatic N) is 1. The van der Waals surface area contributed by atoms with Crippen LogP contribution in [0.1, 0.15) is 58.8 Å². The third kappa shape index (κ3) is 2.45. The van der Waals surface area contributed by atoms with Crippen LogP contribution in [-0.4, -0.2) is 27.0 Å². The molecule has 3 nitrogen and oxygen atoms in total. The number of benzene rings is 1. The van der Waals surface area contributed by atoms with Crippen LogP contribution in [0.4, 0.5) is 0 Å². The molecule has 4 aliphatic rings. The van der Waals surface area contributed by atoms with Crippen LogP contribution in [-0.2, 0) is 0 Å². The van der Waals surface area contributed by atoms with Crippen molar-refractivity contribution < 1.29 is 10.2 Å². The highest BCUT2D eigenvalue weighted by molar-refractivity contribution is 5.84. The molecular weight excluding hydrogens is 370 g/mol. The maximum Gasteiger partial charge on any atom is 0.0585 e. The number of hydrogen-bond acceptors (Lipinski definition) is 2. The number of hydrogen-bond donors (Lipinski definition) is 2. The summed E-state index contributed by atoms with van der Waals surface area (Å²) in [5.74, 6) is 2.16. The Morgan fingerprint density at radius 3 is 2.73 bits per heavy atom. The third-order valence-corrected chi connectivity index (χ3v) is 9.97. The predicted octanol–water partition coefficient (Wildman–Crippen LogP) is 5.47. The van der Waals surface area contributed by atoms with E-state index in [0.717, 1.165) is 32.1 Å². The van der Waals surface area contributed by atoms with Crippen molar-refractivity contribution in [3.05, 3.63) is 42.6 Å². The summed E-state index contributed by atoms with van der Waals surface area (Å²) in [4.78, 5) is 0. The summed E-state index contributed by atoms with van der Waals surface area (Å²) in [6.07, 6.45) is 11.7. The molecule has 4 unspecified atom stereocenters. The number of aromatic nitrogens is 1. The van der Waals surface area contributed by atoms with Crippen molar-refractivity contribution in [3.8, 4) is 0 Å². The lowest BCUT2D eigenvalue weighted by molar-refractivity contribution is -0.166. The van der Waals surface area contributed by atoms with Crippen LogP contribution in [0, 0.1) is 34.5 Å². The molecule has 0 aliphatic heterocycles. The first-order chi connectivity index (χ1) is 14.4. The second-order valence-corrected chi connectivity index (χ2v) is 11.3. The fraction of sp³-hybridized carbons (Fsp3) is 0.630. The molecule has 0 spiro atoms. The van der Waals surface area contributed by atoms with Gasteiger partial charge in [-0.2, -0.15) is 0 Å². The van der Waals surface area contributed by atoms with E-state index in [1.165, 1.54) is 29.4 Å². The van der Waals surface area contributed by atoms with Gasteiger partial charge in [0.2, 0.25) is 0 Å². The molecule has 6 rings (SSSR count). The van der Waals surface area contributed by atoms with E-state index in [-0.39, 0.29) is 23.0 Å². The second-order valence-electron chi connectivity index (χ2n) is 11.3. The van der Waals surface area contributed by atoms with Crippen molar-refractivity contribution in [2.45, 2.75) is 71.0 Å². The lowest BCUT2D eigenvalue weighted by Crippen LogP contribution is -2.58. The molecule has 2 N–H and O–H groups in total. The molecule has 0 amide bonds. The summed E-state index contributed by atoms with van der Waals surface area (Å²) in [7, 11) is 0. The Hall–Kier alpha value is -1.58. The Kier molecular flexibility index (Phi) is 4.12. The fourth-order valence-electron chi connectivity index (χ4n) is 8.58. The Morgan fingerprint density at radius 1 is 1.03 bits per heavy atom. The molecule has 1 aromatic carbocycles. The van der Waals surface area contributed by atoms with Gasteiger partial charge in [0.15, 0.2) is 0 Å². The van der Waals surface area contributed by atoms with E-state index in [1.807, 2.05) is 0 Å². The largest absolute Gasteiger partial charge is 0.393 e. The lowest BCUT2D eigenvalue weighted by atomic mass is 9.44. The highest BCUT2D eigenvalue weighted by atomic mass is 16.3. The van der Waals surface area contributed by atoms with E-state index in [1.54, 1.807) is 0 Å². The predicted molar refractivity (Wildman–Crippen MR) is 121 cm³/mol. The summed E-state index contributed by atoms with van der Waals surface area (Å²) in [5, 5.41) is 23.2. The van der Waals surface area contributed by atoms with E-state index < -0.39 is 0 Å². The molecule has 1 aromatic heterocycles. The van der Waals surface area contributed by atoms with E-state index >= 15 is 0 Å². The van der Waals surface area contributed by atoms with Gasteiger partial charge in [-0.25, -0.2) is 0 Å². The van der Waals surface area contributed by atoms with Gasteiger partial charge in [-0.3, -0.25) is 0 Å². The van der Waals surface area contributed by atoms with Crippen LogP contribution in [0.2, 0.25) is 0 Å². The van der Waals surface area contributed by atoms with Crippen molar-refractivity contribution in [3.63, 3.8) is 0 Å². The van der Waals surface area contributed by atoms with Gasteiger partial charge in [0.1, 0.15) is 0 Å². The molecule has 0 radical (unpaired) electrons.